The molecule has 1 saturated heterocycles. The summed E-state index contributed by atoms with van der Waals surface area (Å²) in [6, 6.07) is 12.7. The zero-order valence-corrected chi connectivity index (χ0v) is 12.7. The van der Waals surface area contributed by atoms with Crippen molar-refractivity contribution in [2.45, 2.75) is 0 Å². The third kappa shape index (κ3) is 3.13. The van der Waals surface area contributed by atoms with Crippen molar-refractivity contribution in [2.75, 3.05) is 4.90 Å². The molecular weight excluding hydrogens is 326 g/mol. The molecular formula is C17H11N3O5. The van der Waals surface area contributed by atoms with Gasteiger partial charge >= 0.3 is 6.03 Å². The number of non-ortho nitro benzene ring substituents is 1. The number of nitro groups is 1. The van der Waals surface area contributed by atoms with Crippen molar-refractivity contribution in [1.29, 1.82) is 0 Å². The summed E-state index contributed by atoms with van der Waals surface area (Å²) < 4.78 is 0. The Balaban J connectivity index is 2.03. The summed E-state index contributed by atoms with van der Waals surface area (Å²) in [4.78, 5) is 47.7. The van der Waals surface area contributed by atoms with Crippen LogP contribution in [0.15, 0.2) is 60.2 Å². The van der Waals surface area contributed by atoms with Gasteiger partial charge in [-0.15, -0.1) is 0 Å². The Hall–Kier alpha value is -3.81. The van der Waals surface area contributed by atoms with Crippen LogP contribution in [0, 0.1) is 10.1 Å². The highest BCUT2D eigenvalue weighted by Crippen LogP contribution is 2.25. The van der Waals surface area contributed by atoms with E-state index in [1.165, 1.54) is 24.3 Å². The van der Waals surface area contributed by atoms with Crippen molar-refractivity contribution in [2.24, 2.45) is 0 Å². The predicted octanol–water partition coefficient (Wildman–Crippen LogP) is 2.26. The molecule has 1 fully saturated rings. The van der Waals surface area contributed by atoms with Crippen LogP contribution in [0.3, 0.4) is 0 Å². The number of anilines is 1. The maximum atomic E-state index is 12.6. The van der Waals surface area contributed by atoms with Gasteiger partial charge in [0.1, 0.15) is 5.57 Å². The van der Waals surface area contributed by atoms with E-state index in [4.69, 9.17) is 0 Å². The lowest BCUT2D eigenvalue weighted by Crippen LogP contribution is -2.54. The maximum Gasteiger partial charge on any atom is 0.335 e. The minimum Gasteiger partial charge on any atom is -0.273 e. The van der Waals surface area contributed by atoms with Crippen LogP contribution in [0.2, 0.25) is 0 Å². The topological polar surface area (TPSA) is 110 Å². The molecule has 0 unspecified atom stereocenters. The molecule has 0 atom stereocenters. The van der Waals surface area contributed by atoms with Crippen LogP contribution in [0.25, 0.3) is 6.08 Å². The summed E-state index contributed by atoms with van der Waals surface area (Å²) in [5.74, 6) is -1.67. The molecule has 0 aromatic heterocycles. The monoisotopic (exact) mass is 337 g/mol. The first kappa shape index (κ1) is 16.1. The molecule has 0 radical (unpaired) electrons. The Kier molecular flexibility index (Phi) is 4.09. The lowest BCUT2D eigenvalue weighted by molar-refractivity contribution is -0.384. The average molecular weight is 337 g/mol. The molecule has 0 saturated carbocycles. The predicted molar refractivity (Wildman–Crippen MR) is 88.5 cm³/mol. The van der Waals surface area contributed by atoms with Gasteiger partial charge in [0, 0.05) is 12.1 Å². The first-order valence-corrected chi connectivity index (χ1v) is 7.18. The van der Waals surface area contributed by atoms with Crippen LogP contribution < -0.4 is 10.2 Å². The lowest BCUT2D eigenvalue weighted by atomic mass is 10.1. The summed E-state index contributed by atoms with van der Waals surface area (Å²) in [5, 5.41) is 13.0. The molecule has 0 bridgehead atoms. The van der Waals surface area contributed by atoms with E-state index >= 15 is 0 Å². The van der Waals surface area contributed by atoms with Crippen molar-refractivity contribution >= 4 is 35.3 Å². The van der Waals surface area contributed by atoms with Crippen LogP contribution in [0.5, 0.6) is 0 Å². The Labute approximate surface area is 141 Å². The molecule has 1 aliphatic heterocycles. The van der Waals surface area contributed by atoms with E-state index < -0.39 is 22.8 Å². The summed E-state index contributed by atoms with van der Waals surface area (Å²) in [7, 11) is 0. The lowest BCUT2D eigenvalue weighted by Gasteiger charge is -2.26. The Morgan fingerprint density at radius 2 is 1.72 bits per heavy atom. The summed E-state index contributed by atoms with van der Waals surface area (Å²) in [6.07, 6.45) is 1.36. The zero-order valence-electron chi connectivity index (χ0n) is 12.7. The second kappa shape index (κ2) is 6.36. The molecule has 2 aromatic carbocycles. The van der Waals surface area contributed by atoms with Gasteiger partial charge in [0.05, 0.1) is 10.6 Å². The smallest absolute Gasteiger partial charge is 0.273 e. The van der Waals surface area contributed by atoms with Crippen LogP contribution in [0.4, 0.5) is 16.2 Å². The first-order chi connectivity index (χ1) is 12.0. The van der Waals surface area contributed by atoms with Crippen LogP contribution in [0.1, 0.15) is 5.56 Å². The van der Waals surface area contributed by atoms with Crippen molar-refractivity contribution in [3.05, 3.63) is 75.8 Å². The Morgan fingerprint density at radius 1 is 1.00 bits per heavy atom. The summed E-state index contributed by atoms with van der Waals surface area (Å²) in [6.45, 7) is 0. The largest absolute Gasteiger partial charge is 0.335 e. The zero-order chi connectivity index (χ0) is 18.0. The molecule has 3 rings (SSSR count). The normalized spacial score (nSPS) is 16.1. The number of nitrogens with one attached hydrogen (secondary N) is 1. The third-order valence-electron chi connectivity index (χ3n) is 3.51. The number of hydrogen-bond acceptors (Lipinski definition) is 5. The van der Waals surface area contributed by atoms with E-state index in [0.29, 0.717) is 10.5 Å². The van der Waals surface area contributed by atoms with Crippen LogP contribution >= 0.6 is 0 Å². The Morgan fingerprint density at radius 3 is 2.40 bits per heavy atom. The molecule has 8 nitrogen and oxygen atoms in total. The fourth-order valence-corrected chi connectivity index (χ4v) is 2.35. The molecule has 4 amide bonds. The second-order valence-electron chi connectivity index (χ2n) is 5.15. The van der Waals surface area contributed by atoms with Gasteiger partial charge in [0.2, 0.25) is 0 Å². The third-order valence-corrected chi connectivity index (χ3v) is 3.51. The molecule has 8 heteroatoms. The minimum absolute atomic E-state index is 0.00293. The van der Waals surface area contributed by atoms with Gasteiger partial charge in [0.25, 0.3) is 17.5 Å². The molecule has 2 aromatic rings. The molecule has 1 N–H and O–H groups in total. The van der Waals surface area contributed by atoms with E-state index in [0.717, 1.165) is 6.07 Å². The number of imide groups is 2. The number of hydrogen-bond donors (Lipinski definition) is 1. The van der Waals surface area contributed by atoms with Crippen LogP contribution in [-0.2, 0) is 9.59 Å². The molecule has 0 spiro atoms. The van der Waals surface area contributed by atoms with E-state index in [9.17, 15) is 24.5 Å². The van der Waals surface area contributed by atoms with Gasteiger partial charge < -0.3 is 0 Å². The molecule has 124 valence electrons. The van der Waals surface area contributed by atoms with Crippen molar-refractivity contribution in [1.82, 2.24) is 5.32 Å². The fraction of sp³-hybridized carbons (Fsp3) is 0. The standard InChI is InChI=1S/C17H11N3O5/c21-15-14(9-11-5-2-1-3-6-11)16(22)19(17(23)18-15)12-7-4-8-13(10-12)20(24)25/h1-10H,(H,18,21,23). The fourth-order valence-electron chi connectivity index (χ4n) is 2.35. The highest BCUT2D eigenvalue weighted by molar-refractivity contribution is 6.39. The number of urea groups is 1. The van der Waals surface area contributed by atoms with Gasteiger partial charge in [-0.05, 0) is 17.7 Å². The average Bonchev–Trinajstić information content (AvgIpc) is 2.59. The number of nitro benzene ring substituents is 1. The SMILES string of the molecule is O=C1NC(=O)N(c2cccc([N+](=O)[O-])c2)C(=O)C1=Cc1ccccc1. The highest BCUT2D eigenvalue weighted by atomic mass is 16.6. The van der Waals surface area contributed by atoms with Gasteiger partial charge in [-0.1, -0.05) is 36.4 Å². The van der Waals surface area contributed by atoms with E-state index in [-0.39, 0.29) is 16.9 Å². The van der Waals surface area contributed by atoms with Crippen molar-refractivity contribution in [3.63, 3.8) is 0 Å². The van der Waals surface area contributed by atoms with E-state index in [2.05, 4.69) is 5.32 Å². The van der Waals surface area contributed by atoms with Crippen molar-refractivity contribution in [3.8, 4) is 0 Å². The number of carbonyl (C=O) groups is 3. The van der Waals surface area contributed by atoms with Gasteiger partial charge in [0.15, 0.2) is 0 Å². The van der Waals surface area contributed by atoms with Gasteiger partial charge in [-0.2, -0.15) is 0 Å². The molecule has 1 heterocycles. The summed E-state index contributed by atoms with van der Waals surface area (Å²) >= 11 is 0. The quantitative estimate of drug-likeness (QED) is 0.400. The van der Waals surface area contributed by atoms with E-state index in [1.807, 2.05) is 0 Å². The maximum absolute atomic E-state index is 12.6. The second-order valence-corrected chi connectivity index (χ2v) is 5.15. The number of nitrogens with zero attached hydrogens (tertiary/aromatic N) is 2. The van der Waals surface area contributed by atoms with Gasteiger partial charge in [-0.25, -0.2) is 9.69 Å². The number of benzene rings is 2. The number of barbiturate groups is 1. The highest BCUT2D eigenvalue weighted by Gasteiger charge is 2.37. The minimum atomic E-state index is -0.958. The van der Waals surface area contributed by atoms with Gasteiger partial charge in [-0.3, -0.25) is 25.0 Å². The number of carbonyl (C=O) groups excluding carboxylic acids is 3. The van der Waals surface area contributed by atoms with E-state index in [1.54, 1.807) is 30.3 Å². The first-order valence-electron chi connectivity index (χ1n) is 7.18. The Bertz CT molecular complexity index is 921. The van der Waals surface area contributed by atoms with Crippen molar-refractivity contribution < 1.29 is 19.3 Å². The summed E-state index contributed by atoms with van der Waals surface area (Å²) in [5.41, 5.74) is 0.0957. The van der Waals surface area contributed by atoms with Crippen LogP contribution in [-0.4, -0.2) is 22.8 Å². The number of rotatable bonds is 3. The molecule has 25 heavy (non-hydrogen) atoms. The molecule has 0 aliphatic carbocycles. The molecule has 1 aliphatic rings. The number of amides is 4.